The Hall–Kier alpha value is -0.690. The van der Waals surface area contributed by atoms with Crippen molar-refractivity contribution in [3.63, 3.8) is 0 Å². The summed E-state index contributed by atoms with van der Waals surface area (Å²) < 4.78 is 0.528. The molecule has 1 aromatic rings. The van der Waals surface area contributed by atoms with Crippen LogP contribution in [0.2, 0.25) is 4.47 Å². The Morgan fingerprint density at radius 1 is 1.81 bits per heavy atom. The minimum Gasteiger partial charge on any atom is -0.368 e. The fourth-order valence-electron chi connectivity index (χ4n) is 1.77. The minimum atomic E-state index is -0.289. The molecule has 1 aromatic heterocycles. The highest BCUT2D eigenvalue weighted by Gasteiger charge is 2.26. The number of nitrogens with two attached hydrogens (primary N) is 1. The van der Waals surface area contributed by atoms with Crippen molar-refractivity contribution in [2.75, 3.05) is 19.6 Å². The average molecular weight is 261 g/mol. The summed E-state index contributed by atoms with van der Waals surface area (Å²) in [6.07, 6.45) is 1.74. The predicted octanol–water partition coefficient (Wildman–Crippen LogP) is 0.0556. The molecule has 0 radical (unpaired) electrons. The summed E-state index contributed by atoms with van der Waals surface area (Å²) in [5, 5.41) is 3.16. The Balaban J connectivity index is 2.03. The SMILES string of the molecule is NC(=O)C1CNCCN1Cc1cnc(Cl)s1. The number of thiazole rings is 1. The summed E-state index contributed by atoms with van der Waals surface area (Å²) in [5.74, 6) is -0.289. The van der Waals surface area contributed by atoms with Gasteiger partial charge in [0.15, 0.2) is 4.47 Å². The number of amides is 1. The highest BCUT2D eigenvalue weighted by atomic mass is 35.5. The van der Waals surface area contributed by atoms with E-state index in [0.717, 1.165) is 18.0 Å². The van der Waals surface area contributed by atoms with E-state index in [4.69, 9.17) is 17.3 Å². The zero-order valence-electron chi connectivity index (χ0n) is 8.65. The fourth-order valence-corrected chi connectivity index (χ4v) is 2.78. The van der Waals surface area contributed by atoms with Gasteiger partial charge in [0.1, 0.15) is 6.04 Å². The van der Waals surface area contributed by atoms with Crippen LogP contribution in [-0.2, 0) is 11.3 Å². The molecule has 1 saturated heterocycles. The molecule has 88 valence electrons. The number of nitrogens with one attached hydrogen (secondary N) is 1. The van der Waals surface area contributed by atoms with Gasteiger partial charge in [0, 0.05) is 37.3 Å². The fraction of sp³-hybridized carbons (Fsp3) is 0.556. The lowest BCUT2D eigenvalue weighted by Gasteiger charge is -2.33. The molecule has 1 aliphatic rings. The highest BCUT2D eigenvalue weighted by Crippen LogP contribution is 2.20. The lowest BCUT2D eigenvalue weighted by Crippen LogP contribution is -2.56. The van der Waals surface area contributed by atoms with Crippen LogP contribution in [0.3, 0.4) is 0 Å². The molecule has 5 nitrogen and oxygen atoms in total. The number of nitrogens with zero attached hydrogens (tertiary/aromatic N) is 2. The van der Waals surface area contributed by atoms with Crippen molar-refractivity contribution in [2.24, 2.45) is 5.73 Å². The van der Waals surface area contributed by atoms with Gasteiger partial charge in [0.25, 0.3) is 0 Å². The zero-order chi connectivity index (χ0) is 11.5. The molecule has 0 spiro atoms. The second kappa shape index (κ2) is 5.09. The number of rotatable bonds is 3. The van der Waals surface area contributed by atoms with Gasteiger partial charge in [-0.05, 0) is 0 Å². The van der Waals surface area contributed by atoms with Crippen LogP contribution < -0.4 is 11.1 Å². The highest BCUT2D eigenvalue weighted by molar-refractivity contribution is 7.15. The maximum absolute atomic E-state index is 11.3. The molecule has 1 aliphatic heterocycles. The Morgan fingerprint density at radius 3 is 3.25 bits per heavy atom. The van der Waals surface area contributed by atoms with Gasteiger partial charge in [-0.15, -0.1) is 11.3 Å². The van der Waals surface area contributed by atoms with Crippen LogP contribution in [0, 0.1) is 0 Å². The summed E-state index contributed by atoms with van der Waals surface area (Å²) in [4.78, 5) is 18.4. The van der Waals surface area contributed by atoms with Gasteiger partial charge in [-0.2, -0.15) is 0 Å². The largest absolute Gasteiger partial charge is 0.368 e. The number of aromatic nitrogens is 1. The number of hydrogen-bond donors (Lipinski definition) is 2. The van der Waals surface area contributed by atoms with E-state index in [0.29, 0.717) is 17.6 Å². The van der Waals surface area contributed by atoms with Gasteiger partial charge in [-0.1, -0.05) is 11.6 Å². The molecule has 0 bridgehead atoms. The lowest BCUT2D eigenvalue weighted by atomic mass is 10.2. The normalized spacial score (nSPS) is 22.2. The number of carbonyl (C=O) groups excluding carboxylic acids is 1. The third-order valence-electron chi connectivity index (χ3n) is 2.57. The first-order valence-electron chi connectivity index (χ1n) is 5.01. The summed E-state index contributed by atoms with van der Waals surface area (Å²) in [6.45, 7) is 2.97. The summed E-state index contributed by atoms with van der Waals surface area (Å²) in [6, 6.07) is -0.241. The standard InChI is InChI=1S/C9H13ClN4OS/c10-9-13-3-6(16-9)5-14-2-1-12-4-7(14)8(11)15/h3,7,12H,1-2,4-5H2,(H2,11,15). The van der Waals surface area contributed by atoms with E-state index in [1.54, 1.807) is 6.20 Å². The molecule has 0 aliphatic carbocycles. The van der Waals surface area contributed by atoms with Crippen molar-refractivity contribution in [1.82, 2.24) is 15.2 Å². The molecule has 1 atom stereocenters. The first-order valence-corrected chi connectivity index (χ1v) is 6.20. The van der Waals surface area contributed by atoms with Gasteiger partial charge in [0.05, 0.1) is 0 Å². The van der Waals surface area contributed by atoms with Crippen molar-refractivity contribution in [1.29, 1.82) is 0 Å². The molecular weight excluding hydrogens is 248 g/mol. The van der Waals surface area contributed by atoms with E-state index in [-0.39, 0.29) is 11.9 Å². The maximum atomic E-state index is 11.3. The molecule has 0 saturated carbocycles. The average Bonchev–Trinajstić information content (AvgIpc) is 2.64. The summed E-state index contributed by atoms with van der Waals surface area (Å²) in [7, 11) is 0. The molecule has 1 fully saturated rings. The van der Waals surface area contributed by atoms with Crippen LogP contribution in [0.1, 0.15) is 4.88 Å². The molecule has 7 heteroatoms. The lowest BCUT2D eigenvalue weighted by molar-refractivity contribution is -0.124. The van der Waals surface area contributed by atoms with Crippen LogP contribution in [-0.4, -0.2) is 41.5 Å². The van der Waals surface area contributed by atoms with Gasteiger partial charge in [-0.3, -0.25) is 9.69 Å². The van der Waals surface area contributed by atoms with E-state index in [2.05, 4.69) is 15.2 Å². The quantitative estimate of drug-likeness (QED) is 0.806. The first-order chi connectivity index (χ1) is 7.66. The van der Waals surface area contributed by atoms with Gasteiger partial charge >= 0.3 is 0 Å². The third kappa shape index (κ3) is 2.70. The summed E-state index contributed by atoms with van der Waals surface area (Å²) >= 11 is 7.20. The van der Waals surface area contributed by atoms with E-state index in [9.17, 15) is 4.79 Å². The topological polar surface area (TPSA) is 71.2 Å². The second-order valence-corrected chi connectivity index (χ2v) is 5.37. The number of primary amides is 1. The third-order valence-corrected chi connectivity index (χ3v) is 3.67. The maximum Gasteiger partial charge on any atom is 0.236 e. The van der Waals surface area contributed by atoms with E-state index in [1.165, 1.54) is 11.3 Å². The van der Waals surface area contributed by atoms with Crippen molar-refractivity contribution in [3.8, 4) is 0 Å². The van der Waals surface area contributed by atoms with Crippen LogP contribution in [0.25, 0.3) is 0 Å². The summed E-state index contributed by atoms with van der Waals surface area (Å²) in [5.41, 5.74) is 5.36. The molecule has 0 aromatic carbocycles. The first kappa shape index (κ1) is 11.8. The molecule has 1 amide bonds. The molecule has 2 rings (SSSR count). The Labute approximate surface area is 103 Å². The van der Waals surface area contributed by atoms with Crippen LogP contribution in [0.15, 0.2) is 6.20 Å². The molecule has 1 unspecified atom stereocenters. The Kier molecular flexibility index (Phi) is 3.75. The van der Waals surface area contributed by atoms with Gasteiger partial charge < -0.3 is 11.1 Å². The Morgan fingerprint density at radius 2 is 2.62 bits per heavy atom. The van der Waals surface area contributed by atoms with Crippen LogP contribution in [0.5, 0.6) is 0 Å². The number of carbonyl (C=O) groups is 1. The molecule has 3 N–H and O–H groups in total. The van der Waals surface area contributed by atoms with Gasteiger partial charge in [0.2, 0.25) is 5.91 Å². The molecule has 2 heterocycles. The molecule has 16 heavy (non-hydrogen) atoms. The van der Waals surface area contributed by atoms with E-state index in [1.807, 2.05) is 0 Å². The number of halogens is 1. The van der Waals surface area contributed by atoms with Crippen molar-refractivity contribution in [3.05, 3.63) is 15.5 Å². The minimum absolute atomic E-state index is 0.241. The smallest absolute Gasteiger partial charge is 0.236 e. The monoisotopic (exact) mass is 260 g/mol. The second-order valence-electron chi connectivity index (χ2n) is 3.67. The number of piperazine rings is 1. The van der Waals surface area contributed by atoms with E-state index >= 15 is 0 Å². The zero-order valence-corrected chi connectivity index (χ0v) is 10.2. The van der Waals surface area contributed by atoms with Crippen molar-refractivity contribution >= 4 is 28.8 Å². The van der Waals surface area contributed by atoms with Gasteiger partial charge in [-0.25, -0.2) is 4.98 Å². The number of hydrogen-bond acceptors (Lipinski definition) is 5. The predicted molar refractivity (Wildman–Crippen MR) is 63.4 cm³/mol. The van der Waals surface area contributed by atoms with Crippen LogP contribution in [0.4, 0.5) is 0 Å². The van der Waals surface area contributed by atoms with Crippen molar-refractivity contribution < 1.29 is 4.79 Å². The van der Waals surface area contributed by atoms with Crippen LogP contribution >= 0.6 is 22.9 Å². The van der Waals surface area contributed by atoms with E-state index < -0.39 is 0 Å². The van der Waals surface area contributed by atoms with Crippen molar-refractivity contribution in [2.45, 2.75) is 12.6 Å². The Bertz CT molecular complexity index is 383. The molecular formula is C9H13ClN4OS.